The molecule has 0 unspecified atom stereocenters. The molecule has 2 N–H and O–H groups in total. The van der Waals surface area contributed by atoms with Crippen LogP contribution in [0.4, 0.5) is 4.39 Å². The maximum absolute atomic E-state index is 12.9. The molecule has 3 aromatic rings. The maximum Gasteiger partial charge on any atom is 0.346 e. The smallest absolute Gasteiger partial charge is 0.346 e. The van der Waals surface area contributed by atoms with Crippen LogP contribution in [0, 0.1) is 5.82 Å². The summed E-state index contributed by atoms with van der Waals surface area (Å²) in [6, 6.07) is 14.3. The van der Waals surface area contributed by atoms with Gasteiger partial charge in [-0.05, 0) is 35.9 Å². The highest BCUT2D eigenvalue weighted by Gasteiger charge is 2.11. The van der Waals surface area contributed by atoms with Crippen LogP contribution in [0.5, 0.6) is 5.75 Å². The van der Waals surface area contributed by atoms with E-state index in [9.17, 15) is 14.0 Å². The molecular formula is C19H16FN3O3. The largest absolute Gasteiger partial charge is 0.497 e. The van der Waals surface area contributed by atoms with E-state index in [4.69, 9.17) is 4.74 Å². The van der Waals surface area contributed by atoms with Gasteiger partial charge in [0.15, 0.2) is 0 Å². The molecule has 2 aromatic carbocycles. The molecule has 26 heavy (non-hydrogen) atoms. The number of amides is 1. The third kappa shape index (κ3) is 4.13. The number of benzene rings is 2. The maximum atomic E-state index is 12.9. The lowest BCUT2D eigenvalue weighted by molar-refractivity contribution is 0.0945. The predicted octanol–water partition coefficient (Wildman–Crippen LogP) is 2.51. The van der Waals surface area contributed by atoms with Crippen LogP contribution in [0.2, 0.25) is 0 Å². The van der Waals surface area contributed by atoms with Crippen molar-refractivity contribution in [2.75, 3.05) is 7.11 Å². The van der Waals surface area contributed by atoms with Crippen molar-refractivity contribution in [2.45, 2.75) is 6.54 Å². The van der Waals surface area contributed by atoms with Crippen molar-refractivity contribution in [3.63, 3.8) is 0 Å². The molecule has 6 nitrogen and oxygen atoms in total. The van der Waals surface area contributed by atoms with E-state index in [2.05, 4.69) is 15.3 Å². The van der Waals surface area contributed by atoms with Gasteiger partial charge >= 0.3 is 5.69 Å². The normalized spacial score (nSPS) is 10.4. The van der Waals surface area contributed by atoms with Gasteiger partial charge in [0.2, 0.25) is 0 Å². The zero-order chi connectivity index (χ0) is 18.5. The Morgan fingerprint density at radius 3 is 2.69 bits per heavy atom. The molecule has 7 heteroatoms. The van der Waals surface area contributed by atoms with Gasteiger partial charge in [-0.2, -0.15) is 4.98 Å². The number of carbonyl (C=O) groups excluding carboxylic acids is 1. The number of aromatic amines is 1. The van der Waals surface area contributed by atoms with Crippen LogP contribution in [-0.2, 0) is 6.54 Å². The summed E-state index contributed by atoms with van der Waals surface area (Å²) in [6.45, 7) is 0.206. The van der Waals surface area contributed by atoms with Gasteiger partial charge in [0.1, 0.15) is 17.3 Å². The Bertz CT molecular complexity index is 984. The van der Waals surface area contributed by atoms with E-state index in [-0.39, 0.29) is 18.1 Å². The monoisotopic (exact) mass is 353 g/mol. The Kier molecular flexibility index (Phi) is 5.07. The van der Waals surface area contributed by atoms with Crippen molar-refractivity contribution in [3.8, 4) is 17.0 Å². The van der Waals surface area contributed by atoms with Crippen molar-refractivity contribution in [3.05, 3.63) is 82.2 Å². The molecule has 1 heterocycles. The summed E-state index contributed by atoms with van der Waals surface area (Å²) in [5.41, 5.74) is 1.22. The summed E-state index contributed by atoms with van der Waals surface area (Å²) < 4.78 is 18.1. The van der Waals surface area contributed by atoms with Gasteiger partial charge in [-0.25, -0.2) is 9.18 Å². The highest BCUT2D eigenvalue weighted by molar-refractivity contribution is 5.93. The fraction of sp³-hybridized carbons (Fsp3) is 0.105. The lowest BCUT2D eigenvalue weighted by Crippen LogP contribution is -2.27. The standard InChI is InChI=1S/C19H16FN3O3/c1-26-15-4-2-3-13(9-15)16-10-17(23-19(25)22-16)18(24)21-11-12-5-7-14(20)8-6-12/h2-10H,11H2,1H3,(H,21,24)(H,22,23,25). The lowest BCUT2D eigenvalue weighted by atomic mass is 10.1. The van der Waals surface area contributed by atoms with Crippen molar-refractivity contribution < 1.29 is 13.9 Å². The van der Waals surface area contributed by atoms with Crippen molar-refractivity contribution >= 4 is 5.91 Å². The molecule has 0 fully saturated rings. The van der Waals surface area contributed by atoms with E-state index in [1.54, 1.807) is 43.5 Å². The van der Waals surface area contributed by atoms with Crippen LogP contribution in [0.3, 0.4) is 0 Å². The van der Waals surface area contributed by atoms with E-state index < -0.39 is 11.6 Å². The Balaban J connectivity index is 1.81. The van der Waals surface area contributed by atoms with Gasteiger partial charge in [0.25, 0.3) is 5.91 Å². The van der Waals surface area contributed by atoms with Gasteiger partial charge in [0.05, 0.1) is 12.8 Å². The van der Waals surface area contributed by atoms with E-state index in [0.717, 1.165) is 5.56 Å². The number of methoxy groups -OCH3 is 1. The Morgan fingerprint density at radius 1 is 1.19 bits per heavy atom. The molecule has 132 valence electrons. The molecule has 0 saturated carbocycles. The summed E-state index contributed by atoms with van der Waals surface area (Å²) >= 11 is 0. The van der Waals surface area contributed by atoms with Gasteiger partial charge in [-0.3, -0.25) is 4.79 Å². The first-order valence-electron chi connectivity index (χ1n) is 7.83. The third-order valence-corrected chi connectivity index (χ3v) is 3.72. The summed E-state index contributed by atoms with van der Waals surface area (Å²) in [4.78, 5) is 30.5. The number of rotatable bonds is 5. The average molecular weight is 353 g/mol. The number of nitrogens with zero attached hydrogens (tertiary/aromatic N) is 1. The number of hydrogen-bond acceptors (Lipinski definition) is 4. The SMILES string of the molecule is COc1cccc(-c2cc(C(=O)NCc3ccc(F)cc3)[nH]c(=O)n2)c1. The summed E-state index contributed by atoms with van der Waals surface area (Å²) in [7, 11) is 1.54. The molecular weight excluding hydrogens is 337 g/mol. The van der Waals surface area contributed by atoms with Crippen LogP contribution >= 0.6 is 0 Å². The Morgan fingerprint density at radius 2 is 1.96 bits per heavy atom. The van der Waals surface area contributed by atoms with Crippen LogP contribution < -0.4 is 15.7 Å². The van der Waals surface area contributed by atoms with Crippen LogP contribution in [0.25, 0.3) is 11.3 Å². The Hall–Kier alpha value is -3.48. The fourth-order valence-corrected chi connectivity index (χ4v) is 2.39. The van der Waals surface area contributed by atoms with E-state index in [0.29, 0.717) is 17.0 Å². The van der Waals surface area contributed by atoms with E-state index in [1.807, 2.05) is 0 Å². The summed E-state index contributed by atoms with van der Waals surface area (Å²) in [6.07, 6.45) is 0. The number of nitrogens with one attached hydrogen (secondary N) is 2. The molecule has 3 rings (SSSR count). The predicted molar refractivity (Wildman–Crippen MR) is 94.4 cm³/mol. The molecule has 0 saturated heterocycles. The van der Waals surface area contributed by atoms with Gasteiger partial charge < -0.3 is 15.0 Å². The minimum absolute atomic E-state index is 0.0879. The van der Waals surface area contributed by atoms with Crippen molar-refractivity contribution in [2.24, 2.45) is 0 Å². The van der Waals surface area contributed by atoms with Crippen molar-refractivity contribution in [1.29, 1.82) is 0 Å². The minimum Gasteiger partial charge on any atom is -0.497 e. The van der Waals surface area contributed by atoms with Gasteiger partial charge in [-0.1, -0.05) is 24.3 Å². The topological polar surface area (TPSA) is 84.1 Å². The molecule has 0 bridgehead atoms. The molecule has 1 amide bonds. The fourth-order valence-electron chi connectivity index (χ4n) is 2.39. The quantitative estimate of drug-likeness (QED) is 0.738. The zero-order valence-corrected chi connectivity index (χ0v) is 14.0. The van der Waals surface area contributed by atoms with E-state index >= 15 is 0 Å². The first kappa shape index (κ1) is 17.3. The number of aromatic nitrogens is 2. The molecule has 0 spiro atoms. The highest BCUT2D eigenvalue weighted by atomic mass is 19.1. The third-order valence-electron chi connectivity index (χ3n) is 3.72. The Labute approximate surface area is 148 Å². The number of halogens is 1. The average Bonchev–Trinajstić information content (AvgIpc) is 2.67. The van der Waals surface area contributed by atoms with Crippen molar-refractivity contribution in [1.82, 2.24) is 15.3 Å². The minimum atomic E-state index is -0.628. The second-order valence-corrected chi connectivity index (χ2v) is 5.53. The highest BCUT2D eigenvalue weighted by Crippen LogP contribution is 2.21. The van der Waals surface area contributed by atoms with Crippen LogP contribution in [-0.4, -0.2) is 23.0 Å². The molecule has 0 aliphatic heterocycles. The molecule has 0 radical (unpaired) electrons. The summed E-state index contributed by atoms with van der Waals surface area (Å²) in [5.74, 6) is -0.189. The first-order valence-corrected chi connectivity index (χ1v) is 7.83. The molecule has 0 atom stereocenters. The molecule has 1 aromatic heterocycles. The lowest BCUT2D eigenvalue weighted by Gasteiger charge is -2.07. The zero-order valence-electron chi connectivity index (χ0n) is 14.0. The second-order valence-electron chi connectivity index (χ2n) is 5.53. The number of carbonyl (C=O) groups is 1. The van der Waals surface area contributed by atoms with Gasteiger partial charge in [-0.15, -0.1) is 0 Å². The number of H-pyrrole nitrogens is 1. The second kappa shape index (κ2) is 7.60. The van der Waals surface area contributed by atoms with Crippen LogP contribution in [0.15, 0.2) is 59.4 Å². The number of hydrogen-bond donors (Lipinski definition) is 2. The number of ether oxygens (including phenoxy) is 1. The molecule has 0 aliphatic carbocycles. The van der Waals surface area contributed by atoms with Gasteiger partial charge in [0, 0.05) is 12.1 Å². The first-order chi connectivity index (χ1) is 12.5. The van der Waals surface area contributed by atoms with E-state index in [1.165, 1.54) is 18.2 Å². The molecule has 0 aliphatic rings. The van der Waals surface area contributed by atoms with Crippen LogP contribution in [0.1, 0.15) is 16.1 Å². The summed E-state index contributed by atoms with van der Waals surface area (Å²) in [5, 5.41) is 2.68.